The van der Waals surface area contributed by atoms with Crippen LogP contribution in [0.2, 0.25) is 0 Å². The van der Waals surface area contributed by atoms with Crippen molar-refractivity contribution in [1.82, 2.24) is 15.5 Å². The summed E-state index contributed by atoms with van der Waals surface area (Å²) in [5.74, 6) is 0.258. The minimum atomic E-state index is -0.227. The molecule has 142 valence electrons. The molecule has 0 saturated heterocycles. The maximum absolute atomic E-state index is 13.1. The number of aryl methyl sites for hydroxylation is 1. The number of nitrogens with one attached hydrogen (secondary N) is 2. The van der Waals surface area contributed by atoms with E-state index in [2.05, 4.69) is 15.6 Å². The van der Waals surface area contributed by atoms with E-state index in [0.29, 0.717) is 25.7 Å². The Morgan fingerprint density at radius 1 is 1.28 bits per heavy atom. The number of amides is 1. The van der Waals surface area contributed by atoms with Crippen LogP contribution in [0.3, 0.4) is 0 Å². The highest BCUT2D eigenvalue weighted by Crippen LogP contribution is 2.10. The van der Waals surface area contributed by atoms with E-state index in [1.54, 1.807) is 27.3 Å². The van der Waals surface area contributed by atoms with E-state index in [-0.39, 0.29) is 42.2 Å². The number of carbonyl (C=O) groups excluding carboxylic acids is 1. The maximum atomic E-state index is 13.1. The number of hydrogen-bond acceptors (Lipinski definition) is 3. The summed E-state index contributed by atoms with van der Waals surface area (Å²) in [6, 6.07) is 4.78. The van der Waals surface area contributed by atoms with Crippen LogP contribution in [-0.4, -0.2) is 64.2 Å². The molecule has 0 aliphatic rings. The molecule has 1 aromatic carbocycles. The SMILES string of the molecule is COCCNC(=NCC(=O)N(C)C)NCCc1ccc(F)cc1C.I. The van der Waals surface area contributed by atoms with Gasteiger partial charge in [-0.3, -0.25) is 4.79 Å². The zero-order chi connectivity index (χ0) is 17.9. The van der Waals surface area contributed by atoms with Gasteiger partial charge < -0.3 is 20.3 Å². The highest BCUT2D eigenvalue weighted by molar-refractivity contribution is 14.0. The highest BCUT2D eigenvalue weighted by Gasteiger charge is 2.05. The Bertz CT molecular complexity index is 568. The Balaban J connectivity index is 0.00000576. The molecule has 1 aromatic rings. The van der Waals surface area contributed by atoms with Crippen molar-refractivity contribution < 1.29 is 13.9 Å². The smallest absolute Gasteiger partial charge is 0.243 e. The van der Waals surface area contributed by atoms with Crippen LogP contribution in [0.15, 0.2) is 23.2 Å². The number of guanidine groups is 1. The number of carbonyl (C=O) groups is 1. The first-order valence-corrected chi connectivity index (χ1v) is 7.90. The predicted octanol–water partition coefficient (Wildman–Crippen LogP) is 1.56. The molecule has 0 saturated carbocycles. The first kappa shape index (κ1) is 23.6. The van der Waals surface area contributed by atoms with Gasteiger partial charge in [-0.15, -0.1) is 24.0 Å². The van der Waals surface area contributed by atoms with Crippen molar-refractivity contribution in [3.8, 4) is 0 Å². The molecule has 0 radical (unpaired) electrons. The third-order valence-electron chi connectivity index (χ3n) is 3.46. The van der Waals surface area contributed by atoms with E-state index in [9.17, 15) is 9.18 Å². The number of ether oxygens (including phenoxy) is 1. The minimum Gasteiger partial charge on any atom is -0.383 e. The molecule has 6 nitrogen and oxygen atoms in total. The van der Waals surface area contributed by atoms with Gasteiger partial charge in [-0.25, -0.2) is 9.38 Å². The molecule has 1 rings (SSSR count). The van der Waals surface area contributed by atoms with Crippen LogP contribution in [0.5, 0.6) is 0 Å². The highest BCUT2D eigenvalue weighted by atomic mass is 127. The van der Waals surface area contributed by atoms with Gasteiger partial charge in [0, 0.05) is 34.3 Å². The quantitative estimate of drug-likeness (QED) is 0.264. The summed E-state index contributed by atoms with van der Waals surface area (Å²) in [4.78, 5) is 17.4. The second-order valence-corrected chi connectivity index (χ2v) is 5.62. The number of likely N-dealkylation sites (N-methyl/N-ethyl adjacent to an activating group) is 1. The summed E-state index contributed by atoms with van der Waals surface area (Å²) in [5, 5.41) is 6.29. The van der Waals surface area contributed by atoms with Crippen LogP contribution in [0, 0.1) is 12.7 Å². The minimum absolute atomic E-state index is 0. The average molecular weight is 466 g/mol. The Labute approximate surface area is 166 Å². The van der Waals surface area contributed by atoms with E-state index < -0.39 is 0 Å². The summed E-state index contributed by atoms with van der Waals surface area (Å²) in [5.41, 5.74) is 2.00. The number of benzene rings is 1. The van der Waals surface area contributed by atoms with Crippen molar-refractivity contribution in [2.75, 3.05) is 47.4 Å². The van der Waals surface area contributed by atoms with Gasteiger partial charge in [-0.2, -0.15) is 0 Å². The summed E-state index contributed by atoms with van der Waals surface area (Å²) in [6.07, 6.45) is 0.735. The van der Waals surface area contributed by atoms with Crippen LogP contribution < -0.4 is 10.6 Å². The lowest BCUT2D eigenvalue weighted by molar-refractivity contribution is -0.127. The Kier molecular flexibility index (Phi) is 12.1. The van der Waals surface area contributed by atoms with Gasteiger partial charge in [0.1, 0.15) is 12.4 Å². The van der Waals surface area contributed by atoms with E-state index in [1.165, 1.54) is 17.0 Å². The standard InChI is InChI=1S/C17H27FN4O2.HI/c1-13-11-15(18)6-5-14(13)7-8-19-17(20-9-10-24-4)21-12-16(23)22(2)3;/h5-6,11H,7-10,12H2,1-4H3,(H2,19,20,21);1H. The van der Waals surface area contributed by atoms with Gasteiger partial charge in [0.2, 0.25) is 5.91 Å². The number of rotatable bonds is 8. The fourth-order valence-corrected chi connectivity index (χ4v) is 1.99. The normalized spacial score (nSPS) is 10.8. The molecule has 2 N–H and O–H groups in total. The van der Waals surface area contributed by atoms with Gasteiger partial charge in [0.05, 0.1) is 6.61 Å². The van der Waals surface area contributed by atoms with Crippen LogP contribution in [0.4, 0.5) is 4.39 Å². The monoisotopic (exact) mass is 466 g/mol. The molecule has 0 atom stereocenters. The third kappa shape index (κ3) is 9.59. The van der Waals surface area contributed by atoms with Crippen molar-refractivity contribution >= 4 is 35.8 Å². The van der Waals surface area contributed by atoms with E-state index in [0.717, 1.165) is 17.5 Å². The second kappa shape index (κ2) is 12.9. The second-order valence-electron chi connectivity index (χ2n) is 5.62. The largest absolute Gasteiger partial charge is 0.383 e. The topological polar surface area (TPSA) is 66.0 Å². The summed E-state index contributed by atoms with van der Waals surface area (Å²) in [7, 11) is 5.01. The van der Waals surface area contributed by atoms with Crippen LogP contribution >= 0.6 is 24.0 Å². The van der Waals surface area contributed by atoms with Crippen molar-refractivity contribution in [3.05, 3.63) is 35.1 Å². The van der Waals surface area contributed by atoms with Crippen molar-refractivity contribution in [3.63, 3.8) is 0 Å². The lowest BCUT2D eigenvalue weighted by atomic mass is 10.1. The van der Waals surface area contributed by atoms with Crippen LogP contribution in [-0.2, 0) is 16.0 Å². The summed E-state index contributed by atoms with van der Waals surface area (Å²) in [6.45, 7) is 3.72. The first-order chi connectivity index (χ1) is 11.4. The molecule has 8 heteroatoms. The van der Waals surface area contributed by atoms with Gasteiger partial charge in [0.15, 0.2) is 5.96 Å². The van der Waals surface area contributed by atoms with Gasteiger partial charge in [-0.1, -0.05) is 6.07 Å². The van der Waals surface area contributed by atoms with Gasteiger partial charge in [-0.05, 0) is 36.6 Å². The van der Waals surface area contributed by atoms with Crippen LogP contribution in [0.25, 0.3) is 0 Å². The summed E-state index contributed by atoms with van der Waals surface area (Å²) >= 11 is 0. The van der Waals surface area contributed by atoms with Crippen molar-refractivity contribution in [1.29, 1.82) is 0 Å². The molecule has 0 fully saturated rings. The Morgan fingerprint density at radius 3 is 2.56 bits per heavy atom. The van der Waals surface area contributed by atoms with E-state index in [1.807, 2.05) is 6.92 Å². The molecule has 0 bridgehead atoms. The first-order valence-electron chi connectivity index (χ1n) is 7.90. The molecular weight excluding hydrogens is 438 g/mol. The lowest BCUT2D eigenvalue weighted by Gasteiger charge is -2.14. The number of halogens is 2. The Hall–Kier alpha value is -1.42. The number of methoxy groups -OCH3 is 1. The molecule has 0 unspecified atom stereocenters. The molecule has 0 aliphatic heterocycles. The van der Waals surface area contributed by atoms with Crippen molar-refractivity contribution in [2.24, 2.45) is 4.99 Å². The molecule has 0 aromatic heterocycles. The van der Waals surface area contributed by atoms with Crippen LogP contribution in [0.1, 0.15) is 11.1 Å². The van der Waals surface area contributed by atoms with E-state index >= 15 is 0 Å². The lowest BCUT2D eigenvalue weighted by Crippen LogP contribution is -2.40. The van der Waals surface area contributed by atoms with Gasteiger partial charge >= 0.3 is 0 Å². The molecule has 0 aliphatic carbocycles. The maximum Gasteiger partial charge on any atom is 0.243 e. The molecule has 25 heavy (non-hydrogen) atoms. The molecule has 1 amide bonds. The van der Waals surface area contributed by atoms with E-state index in [4.69, 9.17) is 4.74 Å². The van der Waals surface area contributed by atoms with Gasteiger partial charge in [0.25, 0.3) is 0 Å². The zero-order valence-electron chi connectivity index (χ0n) is 15.3. The third-order valence-corrected chi connectivity index (χ3v) is 3.46. The van der Waals surface area contributed by atoms with Crippen molar-refractivity contribution in [2.45, 2.75) is 13.3 Å². The fourth-order valence-electron chi connectivity index (χ4n) is 1.99. The average Bonchev–Trinajstić information content (AvgIpc) is 2.53. The summed E-state index contributed by atoms with van der Waals surface area (Å²) < 4.78 is 18.1. The number of aliphatic imine (C=N–C) groups is 1. The fraction of sp³-hybridized carbons (Fsp3) is 0.529. The molecule has 0 spiro atoms. The Morgan fingerprint density at radius 2 is 1.96 bits per heavy atom. The molecular formula is C17H28FIN4O2. The number of hydrogen-bond donors (Lipinski definition) is 2. The predicted molar refractivity (Wildman–Crippen MR) is 109 cm³/mol. The zero-order valence-corrected chi connectivity index (χ0v) is 17.6. The number of nitrogens with zero attached hydrogens (tertiary/aromatic N) is 2. The molecule has 0 heterocycles.